The van der Waals surface area contributed by atoms with Gasteiger partial charge < -0.3 is 14.5 Å². The number of hydrogen-bond donors (Lipinski definition) is 0. The number of ether oxygens (including phenoxy) is 1. The molecule has 2 heterocycles. The number of amides is 2. The van der Waals surface area contributed by atoms with Gasteiger partial charge in [-0.15, -0.1) is 17.9 Å². The third-order valence-corrected chi connectivity index (χ3v) is 6.32. The molecular weight excluding hydrogens is 396 g/mol. The van der Waals surface area contributed by atoms with E-state index in [2.05, 4.69) is 18.0 Å². The number of carbonyl (C=O) groups excluding carboxylic acids is 2. The number of hydrogen-bond acceptors (Lipinski definition) is 4. The number of rotatable bonds is 6. The molecule has 0 saturated carbocycles. The summed E-state index contributed by atoms with van der Waals surface area (Å²) < 4.78 is 5.29. The van der Waals surface area contributed by atoms with Crippen molar-refractivity contribution in [2.24, 2.45) is 5.41 Å². The number of fused-ring (bicyclic) bond motifs is 1. The summed E-state index contributed by atoms with van der Waals surface area (Å²) in [4.78, 5) is 31.1. The Balaban J connectivity index is 1.90. The molecule has 1 unspecified atom stereocenters. The summed E-state index contributed by atoms with van der Waals surface area (Å²) in [7, 11) is 1.64. The fourth-order valence-corrected chi connectivity index (χ4v) is 4.74. The molecule has 160 valence electrons. The van der Waals surface area contributed by atoms with Crippen LogP contribution in [0.4, 0.5) is 0 Å². The van der Waals surface area contributed by atoms with Crippen LogP contribution in [0.5, 0.6) is 5.75 Å². The second-order valence-electron chi connectivity index (χ2n) is 8.54. The lowest BCUT2D eigenvalue weighted by Gasteiger charge is -2.38. The number of methoxy groups -OCH3 is 1. The smallest absolute Gasteiger partial charge is 0.243 e. The topological polar surface area (TPSA) is 49.9 Å². The Morgan fingerprint density at radius 3 is 2.57 bits per heavy atom. The molecule has 0 spiro atoms. The molecule has 1 atom stereocenters. The quantitative estimate of drug-likeness (QED) is 0.648. The van der Waals surface area contributed by atoms with Crippen molar-refractivity contribution < 1.29 is 14.3 Å². The van der Waals surface area contributed by atoms with Crippen molar-refractivity contribution in [2.45, 2.75) is 33.2 Å². The largest absolute Gasteiger partial charge is 0.497 e. The average Bonchev–Trinajstić information content (AvgIpc) is 3.20. The Bertz CT molecular complexity index is 911. The van der Waals surface area contributed by atoms with Gasteiger partial charge in [0.15, 0.2) is 0 Å². The highest BCUT2D eigenvalue weighted by Gasteiger charge is 2.35. The van der Waals surface area contributed by atoms with Gasteiger partial charge in [-0.2, -0.15) is 0 Å². The first kappa shape index (κ1) is 22.1. The fraction of sp³-hybridized carbons (Fsp3) is 0.417. The monoisotopic (exact) mass is 426 g/mol. The van der Waals surface area contributed by atoms with Crippen molar-refractivity contribution in [3.63, 3.8) is 0 Å². The average molecular weight is 427 g/mol. The molecule has 2 amide bonds. The number of nitrogens with zero attached hydrogens (tertiary/aromatic N) is 2. The van der Waals surface area contributed by atoms with E-state index in [0.717, 1.165) is 17.7 Å². The van der Waals surface area contributed by atoms with Gasteiger partial charge >= 0.3 is 0 Å². The van der Waals surface area contributed by atoms with Gasteiger partial charge in [0.1, 0.15) is 12.3 Å². The van der Waals surface area contributed by atoms with Gasteiger partial charge in [-0.1, -0.05) is 39.0 Å². The molecule has 0 aliphatic carbocycles. The molecule has 1 aliphatic heterocycles. The highest BCUT2D eigenvalue weighted by Crippen LogP contribution is 2.38. The lowest BCUT2D eigenvalue weighted by atomic mass is 9.92. The predicted molar refractivity (Wildman–Crippen MR) is 121 cm³/mol. The van der Waals surface area contributed by atoms with Crippen molar-refractivity contribution in [1.29, 1.82) is 0 Å². The van der Waals surface area contributed by atoms with Gasteiger partial charge in [0.2, 0.25) is 11.8 Å². The van der Waals surface area contributed by atoms with E-state index in [1.807, 2.05) is 49.9 Å². The maximum Gasteiger partial charge on any atom is 0.243 e. The molecule has 30 heavy (non-hydrogen) atoms. The highest BCUT2D eigenvalue weighted by molar-refractivity contribution is 7.10. The predicted octanol–water partition coefficient (Wildman–Crippen LogP) is 4.29. The minimum absolute atomic E-state index is 0.0490. The molecule has 0 bridgehead atoms. The lowest BCUT2D eigenvalue weighted by molar-refractivity contribution is -0.145. The zero-order valence-corrected chi connectivity index (χ0v) is 19.0. The van der Waals surface area contributed by atoms with Crippen molar-refractivity contribution in [2.75, 3.05) is 26.7 Å². The molecule has 1 aromatic heterocycles. The highest BCUT2D eigenvalue weighted by atomic mass is 32.1. The van der Waals surface area contributed by atoms with E-state index in [-0.39, 0.29) is 24.4 Å². The van der Waals surface area contributed by atoms with Gasteiger partial charge in [-0.3, -0.25) is 9.59 Å². The minimum Gasteiger partial charge on any atom is -0.497 e. The van der Waals surface area contributed by atoms with Crippen molar-refractivity contribution in [3.8, 4) is 5.75 Å². The second kappa shape index (κ2) is 9.04. The summed E-state index contributed by atoms with van der Waals surface area (Å²) in [5.74, 6) is 0.683. The van der Waals surface area contributed by atoms with Gasteiger partial charge in [-0.25, -0.2) is 0 Å². The van der Waals surface area contributed by atoms with Gasteiger partial charge in [-0.05, 0) is 41.1 Å². The molecule has 6 heteroatoms. The second-order valence-corrected chi connectivity index (χ2v) is 9.54. The zero-order chi connectivity index (χ0) is 21.9. The zero-order valence-electron chi connectivity index (χ0n) is 18.2. The number of benzene rings is 1. The first-order valence-electron chi connectivity index (χ1n) is 10.2. The van der Waals surface area contributed by atoms with E-state index >= 15 is 0 Å². The van der Waals surface area contributed by atoms with Crippen LogP contribution < -0.4 is 4.74 Å². The maximum absolute atomic E-state index is 13.4. The molecule has 0 saturated heterocycles. The fourth-order valence-electron chi connectivity index (χ4n) is 3.83. The number of carbonyl (C=O) groups is 2. The van der Waals surface area contributed by atoms with E-state index in [9.17, 15) is 9.59 Å². The number of thiophene rings is 1. The van der Waals surface area contributed by atoms with Crippen LogP contribution in [0.1, 0.15) is 42.8 Å². The minimum atomic E-state index is -0.554. The molecule has 0 radical (unpaired) electrons. The normalized spacial score (nSPS) is 16.0. The third kappa shape index (κ3) is 4.59. The Hall–Kier alpha value is -2.60. The SMILES string of the molecule is C=CCN(CC(=O)N1CCc2sccc2C1c1ccc(OC)cc1)C(=O)C(C)(C)C. The Morgan fingerprint density at radius 1 is 1.27 bits per heavy atom. The van der Waals surface area contributed by atoms with Crippen LogP contribution in [-0.2, 0) is 16.0 Å². The van der Waals surface area contributed by atoms with E-state index in [1.54, 1.807) is 29.4 Å². The van der Waals surface area contributed by atoms with E-state index in [4.69, 9.17) is 4.74 Å². The van der Waals surface area contributed by atoms with E-state index in [0.29, 0.717) is 13.1 Å². The molecule has 0 N–H and O–H groups in total. The van der Waals surface area contributed by atoms with Crippen LogP contribution in [0.3, 0.4) is 0 Å². The standard InChI is InChI=1S/C24H30N2O3S/c1-6-13-25(23(28)24(2,3)4)16-21(27)26-14-11-20-19(12-15-30-20)22(26)17-7-9-18(29-5)10-8-17/h6-10,12,15,22H,1,11,13-14,16H2,2-5H3. The first-order chi connectivity index (χ1) is 14.3. The van der Waals surface area contributed by atoms with E-state index < -0.39 is 5.41 Å². The van der Waals surface area contributed by atoms with Crippen molar-refractivity contribution in [3.05, 3.63) is 64.4 Å². The Labute approximate surface area is 182 Å². The third-order valence-electron chi connectivity index (χ3n) is 5.32. The van der Waals surface area contributed by atoms with E-state index in [1.165, 1.54) is 10.4 Å². The molecule has 1 aliphatic rings. The molecule has 2 aromatic rings. The van der Waals surface area contributed by atoms with Crippen LogP contribution in [-0.4, -0.2) is 48.4 Å². The van der Waals surface area contributed by atoms with Crippen LogP contribution in [0.25, 0.3) is 0 Å². The first-order valence-corrected chi connectivity index (χ1v) is 11.0. The van der Waals surface area contributed by atoms with Crippen LogP contribution in [0.15, 0.2) is 48.4 Å². The summed E-state index contributed by atoms with van der Waals surface area (Å²) in [6.07, 6.45) is 2.51. The van der Waals surface area contributed by atoms with Crippen molar-refractivity contribution in [1.82, 2.24) is 9.80 Å². The Kier molecular flexibility index (Phi) is 6.66. The molecule has 1 aromatic carbocycles. The summed E-state index contributed by atoms with van der Waals surface area (Å²) in [6, 6.07) is 9.82. The Morgan fingerprint density at radius 2 is 1.97 bits per heavy atom. The molecule has 5 nitrogen and oxygen atoms in total. The van der Waals surface area contributed by atoms with Crippen LogP contribution in [0, 0.1) is 5.41 Å². The van der Waals surface area contributed by atoms with Crippen molar-refractivity contribution >= 4 is 23.2 Å². The summed E-state index contributed by atoms with van der Waals surface area (Å²) in [6.45, 7) is 10.4. The molecule has 3 rings (SSSR count). The lowest BCUT2D eigenvalue weighted by Crippen LogP contribution is -2.49. The summed E-state index contributed by atoms with van der Waals surface area (Å²) in [5, 5.41) is 2.09. The molecule has 0 fully saturated rings. The maximum atomic E-state index is 13.4. The summed E-state index contributed by atoms with van der Waals surface area (Å²) in [5.41, 5.74) is 1.66. The molecular formula is C24H30N2O3S. The van der Waals surface area contributed by atoms with Gasteiger partial charge in [0.25, 0.3) is 0 Å². The van der Waals surface area contributed by atoms with Gasteiger partial charge in [0, 0.05) is 23.4 Å². The summed E-state index contributed by atoms with van der Waals surface area (Å²) >= 11 is 1.74. The van der Waals surface area contributed by atoms with Crippen LogP contribution in [0.2, 0.25) is 0 Å². The van der Waals surface area contributed by atoms with Gasteiger partial charge in [0.05, 0.1) is 13.2 Å². The van der Waals surface area contributed by atoms with Crippen LogP contribution >= 0.6 is 11.3 Å².